The van der Waals surface area contributed by atoms with Gasteiger partial charge in [-0.05, 0) is 44.9 Å². The first-order valence-electron chi connectivity index (χ1n) is 7.88. The van der Waals surface area contributed by atoms with E-state index in [1.54, 1.807) is 30.0 Å². The maximum atomic E-state index is 12.5. The summed E-state index contributed by atoms with van der Waals surface area (Å²) in [7, 11) is 0. The van der Waals surface area contributed by atoms with E-state index >= 15 is 0 Å². The van der Waals surface area contributed by atoms with Gasteiger partial charge in [0.2, 0.25) is 5.91 Å². The van der Waals surface area contributed by atoms with Crippen LogP contribution in [-0.4, -0.2) is 48.2 Å². The summed E-state index contributed by atoms with van der Waals surface area (Å²) in [5.41, 5.74) is 0.988. The first-order valence-corrected chi connectivity index (χ1v) is 7.88. The molecule has 1 unspecified atom stereocenters. The predicted octanol–water partition coefficient (Wildman–Crippen LogP) is 1.63. The number of fused-ring (bicyclic) bond motifs is 1. The average molecular weight is 316 g/mol. The van der Waals surface area contributed by atoms with Gasteiger partial charge in [0.05, 0.1) is 5.69 Å². The van der Waals surface area contributed by atoms with Crippen LogP contribution in [0.25, 0.3) is 0 Å². The van der Waals surface area contributed by atoms with Crippen LogP contribution in [0, 0.1) is 0 Å². The lowest BCUT2D eigenvalue weighted by Crippen LogP contribution is -2.49. The number of likely N-dealkylation sites (tertiary alicyclic amines) is 1. The summed E-state index contributed by atoms with van der Waals surface area (Å²) in [6.07, 6.45) is 1.37. The third-order valence-corrected chi connectivity index (χ3v) is 4.33. The van der Waals surface area contributed by atoms with E-state index in [1.807, 2.05) is 0 Å². The van der Waals surface area contributed by atoms with Crippen molar-refractivity contribution in [3.63, 3.8) is 0 Å². The van der Waals surface area contributed by atoms with E-state index < -0.39 is 6.10 Å². The van der Waals surface area contributed by atoms with Crippen molar-refractivity contribution in [1.29, 1.82) is 0 Å². The van der Waals surface area contributed by atoms with Gasteiger partial charge in [-0.25, -0.2) is 0 Å². The molecule has 6 heteroatoms. The second kappa shape index (κ2) is 6.02. The Bertz CT molecular complexity index is 665. The monoisotopic (exact) mass is 316 g/mol. The molecule has 2 aliphatic rings. The lowest BCUT2D eigenvalue weighted by molar-refractivity contribution is -0.132. The van der Waals surface area contributed by atoms with Crippen molar-refractivity contribution >= 4 is 23.3 Å². The minimum Gasteiger partial charge on any atom is -0.479 e. The third kappa shape index (κ3) is 2.93. The zero-order valence-electron chi connectivity index (χ0n) is 13.4. The lowest BCUT2D eigenvalue weighted by Gasteiger charge is -2.33. The maximum Gasteiger partial charge on any atom is 0.268 e. The van der Waals surface area contributed by atoms with Crippen molar-refractivity contribution in [2.45, 2.75) is 32.8 Å². The molecule has 0 N–H and O–H groups in total. The Kier molecular flexibility index (Phi) is 4.07. The van der Waals surface area contributed by atoms with Crippen molar-refractivity contribution in [3.05, 3.63) is 23.8 Å². The fourth-order valence-electron chi connectivity index (χ4n) is 2.99. The Balaban J connectivity index is 1.91. The van der Waals surface area contributed by atoms with Crippen LogP contribution in [0.15, 0.2) is 18.2 Å². The molecular formula is C17H20N2O4. The number of amides is 2. The topological polar surface area (TPSA) is 66.9 Å². The van der Waals surface area contributed by atoms with Gasteiger partial charge in [-0.15, -0.1) is 0 Å². The number of carbonyl (C=O) groups excluding carboxylic acids is 3. The normalized spacial score (nSPS) is 20.3. The fraction of sp³-hybridized carbons (Fsp3) is 0.471. The third-order valence-electron chi connectivity index (χ3n) is 4.33. The number of rotatable bonds is 3. The van der Waals surface area contributed by atoms with Crippen molar-refractivity contribution in [3.8, 4) is 5.75 Å². The molecule has 6 nitrogen and oxygen atoms in total. The summed E-state index contributed by atoms with van der Waals surface area (Å²) in [5.74, 6) is 0.107. The van der Waals surface area contributed by atoms with Crippen LogP contribution >= 0.6 is 0 Å². The van der Waals surface area contributed by atoms with E-state index in [0.29, 0.717) is 17.0 Å². The molecule has 2 amide bonds. The molecule has 0 saturated carbocycles. The summed E-state index contributed by atoms with van der Waals surface area (Å²) in [6.45, 7) is 4.61. The molecule has 0 bridgehead atoms. The summed E-state index contributed by atoms with van der Waals surface area (Å²) in [5, 5.41) is 0. The molecule has 0 radical (unpaired) electrons. The lowest BCUT2D eigenvalue weighted by atomic mass is 10.1. The Labute approximate surface area is 135 Å². The molecule has 0 aromatic heterocycles. The molecule has 23 heavy (non-hydrogen) atoms. The second-order valence-electron chi connectivity index (χ2n) is 6.01. The number of Topliss-reactive ketones (excluding diaryl/α,β-unsaturated/α-hetero) is 1. The van der Waals surface area contributed by atoms with Gasteiger partial charge < -0.3 is 9.64 Å². The number of carbonyl (C=O) groups is 3. The highest BCUT2D eigenvalue weighted by Gasteiger charge is 2.34. The Hall–Kier alpha value is -2.37. The Morgan fingerprint density at radius 1 is 1.26 bits per heavy atom. The van der Waals surface area contributed by atoms with Crippen LogP contribution in [0.1, 0.15) is 37.0 Å². The largest absolute Gasteiger partial charge is 0.479 e. The van der Waals surface area contributed by atoms with Crippen LogP contribution in [0.4, 0.5) is 5.69 Å². The zero-order chi connectivity index (χ0) is 16.6. The maximum absolute atomic E-state index is 12.5. The number of hydrogen-bond donors (Lipinski definition) is 0. The van der Waals surface area contributed by atoms with Gasteiger partial charge in [-0.2, -0.15) is 0 Å². The van der Waals surface area contributed by atoms with E-state index in [1.165, 1.54) is 11.8 Å². The number of anilines is 1. The van der Waals surface area contributed by atoms with Crippen molar-refractivity contribution in [2.75, 3.05) is 24.5 Å². The highest BCUT2D eigenvalue weighted by atomic mass is 16.5. The highest BCUT2D eigenvalue weighted by molar-refractivity contribution is 6.05. The number of ketones is 1. The number of hydrogen-bond acceptors (Lipinski definition) is 4. The molecular weight excluding hydrogens is 296 g/mol. The highest BCUT2D eigenvalue weighted by Crippen LogP contribution is 2.35. The molecule has 2 heterocycles. The molecule has 1 saturated heterocycles. The van der Waals surface area contributed by atoms with Gasteiger partial charge in [0, 0.05) is 18.7 Å². The second-order valence-corrected chi connectivity index (χ2v) is 6.01. The van der Waals surface area contributed by atoms with Crippen LogP contribution in [-0.2, 0) is 9.59 Å². The standard InChI is InChI=1S/C17H20N2O4/c1-11(20)13-5-6-15-14(9-13)19(17(22)12(2)23-15)10-16(21)18-7-3-4-8-18/h5-6,9,12H,3-4,7-8,10H2,1-2H3. The molecule has 1 fully saturated rings. The van der Waals surface area contributed by atoms with Crippen LogP contribution in [0.3, 0.4) is 0 Å². The Morgan fingerprint density at radius 3 is 2.61 bits per heavy atom. The van der Waals surface area contributed by atoms with Crippen LogP contribution < -0.4 is 9.64 Å². The molecule has 0 aliphatic carbocycles. The molecule has 1 aromatic carbocycles. The van der Waals surface area contributed by atoms with E-state index in [0.717, 1.165) is 25.9 Å². The van der Waals surface area contributed by atoms with Gasteiger partial charge in [0.25, 0.3) is 5.91 Å². The minimum absolute atomic E-state index is 0.0130. The molecule has 0 spiro atoms. The fourth-order valence-corrected chi connectivity index (χ4v) is 2.99. The quantitative estimate of drug-likeness (QED) is 0.795. The molecule has 1 aromatic rings. The Morgan fingerprint density at radius 2 is 1.96 bits per heavy atom. The molecule has 1 atom stereocenters. The summed E-state index contributed by atoms with van der Waals surface area (Å²) in [4.78, 5) is 39.7. The molecule has 122 valence electrons. The summed E-state index contributed by atoms with van der Waals surface area (Å²) >= 11 is 0. The van der Waals surface area contributed by atoms with Crippen molar-refractivity contribution in [1.82, 2.24) is 4.90 Å². The average Bonchev–Trinajstić information content (AvgIpc) is 3.05. The van der Waals surface area contributed by atoms with E-state index in [4.69, 9.17) is 4.74 Å². The van der Waals surface area contributed by atoms with E-state index in [2.05, 4.69) is 0 Å². The van der Waals surface area contributed by atoms with Crippen molar-refractivity contribution < 1.29 is 19.1 Å². The number of benzene rings is 1. The first-order chi connectivity index (χ1) is 11.0. The first kappa shape index (κ1) is 15.5. The molecule has 3 rings (SSSR count). The molecule has 2 aliphatic heterocycles. The minimum atomic E-state index is -0.642. The van der Waals surface area contributed by atoms with Gasteiger partial charge >= 0.3 is 0 Å². The van der Waals surface area contributed by atoms with Crippen molar-refractivity contribution in [2.24, 2.45) is 0 Å². The van der Waals surface area contributed by atoms with Gasteiger partial charge in [0.1, 0.15) is 12.3 Å². The van der Waals surface area contributed by atoms with Gasteiger partial charge in [-0.1, -0.05) is 0 Å². The van der Waals surface area contributed by atoms with E-state index in [-0.39, 0.29) is 24.1 Å². The smallest absolute Gasteiger partial charge is 0.268 e. The number of ether oxygens (including phenoxy) is 1. The van der Waals surface area contributed by atoms with Crippen LogP contribution in [0.5, 0.6) is 5.75 Å². The van der Waals surface area contributed by atoms with Gasteiger partial charge in [0.15, 0.2) is 11.9 Å². The van der Waals surface area contributed by atoms with E-state index in [9.17, 15) is 14.4 Å². The SMILES string of the molecule is CC(=O)c1ccc2c(c1)N(CC(=O)N1CCCC1)C(=O)C(C)O2. The number of nitrogens with zero attached hydrogens (tertiary/aromatic N) is 2. The summed E-state index contributed by atoms with van der Waals surface area (Å²) in [6, 6.07) is 4.98. The summed E-state index contributed by atoms with van der Waals surface area (Å²) < 4.78 is 5.59. The zero-order valence-corrected chi connectivity index (χ0v) is 13.4. The van der Waals surface area contributed by atoms with Gasteiger partial charge in [-0.3, -0.25) is 19.3 Å². The predicted molar refractivity (Wildman–Crippen MR) is 84.7 cm³/mol. The van der Waals surface area contributed by atoms with Crippen LogP contribution in [0.2, 0.25) is 0 Å².